The smallest absolute Gasteiger partial charge is 0.266 e. The number of amides is 1. The number of hydrogen-bond acceptors (Lipinski definition) is 9. The molecule has 0 saturated carbocycles. The van der Waals surface area contributed by atoms with Crippen LogP contribution in [0, 0.1) is 6.92 Å². The zero-order valence-electron chi connectivity index (χ0n) is 19.9. The Morgan fingerprint density at radius 1 is 1.14 bits per heavy atom. The SMILES string of the molecule is CCc1nc(N2CCN(CCO)CC2)nc(N(C(=O)c2ccc(N)nc2)c2c(C)cccc2Cl)n1. The van der Waals surface area contributed by atoms with Gasteiger partial charge in [-0.2, -0.15) is 15.0 Å². The van der Waals surface area contributed by atoms with Crippen molar-refractivity contribution in [2.75, 3.05) is 54.9 Å². The Kier molecular flexibility index (Phi) is 7.74. The molecule has 0 aliphatic carbocycles. The molecule has 0 radical (unpaired) electrons. The van der Waals surface area contributed by atoms with Crippen LogP contribution >= 0.6 is 11.6 Å². The van der Waals surface area contributed by atoms with Gasteiger partial charge >= 0.3 is 0 Å². The zero-order chi connectivity index (χ0) is 24.9. The third-order valence-electron chi connectivity index (χ3n) is 5.89. The van der Waals surface area contributed by atoms with Crippen LogP contribution in [-0.4, -0.2) is 75.2 Å². The van der Waals surface area contributed by atoms with E-state index in [1.54, 1.807) is 18.2 Å². The summed E-state index contributed by atoms with van der Waals surface area (Å²) in [5, 5.41) is 9.64. The first-order chi connectivity index (χ1) is 16.9. The average molecular weight is 497 g/mol. The van der Waals surface area contributed by atoms with E-state index in [4.69, 9.17) is 22.3 Å². The Morgan fingerprint density at radius 3 is 2.54 bits per heavy atom. The number of nitrogen functional groups attached to an aromatic ring is 1. The van der Waals surface area contributed by atoms with Crippen LogP contribution in [0.2, 0.25) is 5.02 Å². The number of aryl methyl sites for hydroxylation is 2. The monoisotopic (exact) mass is 496 g/mol. The van der Waals surface area contributed by atoms with Crippen LogP contribution < -0.4 is 15.5 Å². The van der Waals surface area contributed by atoms with Crippen LogP contribution in [0.3, 0.4) is 0 Å². The molecule has 11 heteroatoms. The first-order valence-electron chi connectivity index (χ1n) is 11.6. The van der Waals surface area contributed by atoms with E-state index in [-0.39, 0.29) is 18.5 Å². The molecular formula is C24H29ClN8O2. The number of carbonyl (C=O) groups excluding carboxylic acids is 1. The Hall–Kier alpha value is -3.34. The molecule has 0 unspecified atom stereocenters. The minimum Gasteiger partial charge on any atom is -0.395 e. The number of aliphatic hydroxyl groups is 1. The van der Waals surface area contributed by atoms with E-state index in [1.165, 1.54) is 11.1 Å². The van der Waals surface area contributed by atoms with Crippen LogP contribution in [-0.2, 0) is 6.42 Å². The highest BCUT2D eigenvalue weighted by molar-refractivity contribution is 6.34. The number of β-amino-alcohol motifs (C(OH)–C–C–N with tert-alkyl or cyclic N) is 1. The predicted molar refractivity (Wildman–Crippen MR) is 136 cm³/mol. The van der Waals surface area contributed by atoms with Gasteiger partial charge in [0.15, 0.2) is 0 Å². The molecule has 1 aliphatic heterocycles. The molecule has 1 amide bonds. The van der Waals surface area contributed by atoms with E-state index in [0.29, 0.717) is 59.9 Å². The maximum atomic E-state index is 13.8. The van der Waals surface area contributed by atoms with Gasteiger partial charge in [0.1, 0.15) is 11.6 Å². The maximum absolute atomic E-state index is 13.8. The summed E-state index contributed by atoms with van der Waals surface area (Å²) >= 11 is 6.60. The molecule has 35 heavy (non-hydrogen) atoms. The molecule has 1 fully saturated rings. The van der Waals surface area contributed by atoms with Crippen LogP contribution in [0.15, 0.2) is 36.5 Å². The lowest BCUT2D eigenvalue weighted by Crippen LogP contribution is -2.48. The van der Waals surface area contributed by atoms with Crippen LogP contribution in [0.4, 0.5) is 23.4 Å². The summed E-state index contributed by atoms with van der Waals surface area (Å²) in [5.74, 6) is 1.22. The van der Waals surface area contributed by atoms with Gasteiger partial charge in [-0.25, -0.2) is 9.88 Å². The quantitative estimate of drug-likeness (QED) is 0.507. The molecule has 3 aromatic rings. The summed E-state index contributed by atoms with van der Waals surface area (Å²) in [6.45, 7) is 7.58. The van der Waals surface area contributed by atoms with E-state index < -0.39 is 0 Å². The summed E-state index contributed by atoms with van der Waals surface area (Å²) in [7, 11) is 0. The number of aliphatic hydroxyl groups excluding tert-OH is 1. The second kappa shape index (κ2) is 10.9. The third-order valence-corrected chi connectivity index (χ3v) is 6.20. The number of halogens is 1. The number of hydrogen-bond donors (Lipinski definition) is 2. The van der Waals surface area contributed by atoms with E-state index in [0.717, 1.165) is 18.7 Å². The van der Waals surface area contributed by atoms with E-state index in [2.05, 4.69) is 24.8 Å². The summed E-state index contributed by atoms with van der Waals surface area (Å²) < 4.78 is 0. The molecule has 1 saturated heterocycles. The highest BCUT2D eigenvalue weighted by Gasteiger charge is 2.28. The lowest BCUT2D eigenvalue weighted by molar-refractivity contribution is 0.0997. The number of aromatic nitrogens is 4. The molecule has 3 N–H and O–H groups in total. The number of benzene rings is 1. The van der Waals surface area contributed by atoms with Gasteiger partial charge in [0.25, 0.3) is 5.91 Å². The highest BCUT2D eigenvalue weighted by atomic mass is 35.5. The van der Waals surface area contributed by atoms with E-state index in [1.807, 2.05) is 26.0 Å². The van der Waals surface area contributed by atoms with Gasteiger partial charge in [-0.3, -0.25) is 9.69 Å². The zero-order valence-corrected chi connectivity index (χ0v) is 20.6. The van der Waals surface area contributed by atoms with E-state index in [9.17, 15) is 9.90 Å². The Bertz CT molecular complexity index is 1160. The molecule has 2 aromatic heterocycles. The van der Waals surface area contributed by atoms with Crippen molar-refractivity contribution in [3.8, 4) is 0 Å². The van der Waals surface area contributed by atoms with Crippen molar-refractivity contribution in [2.45, 2.75) is 20.3 Å². The Morgan fingerprint density at radius 2 is 1.91 bits per heavy atom. The van der Waals surface area contributed by atoms with Crippen molar-refractivity contribution in [1.29, 1.82) is 0 Å². The molecule has 4 rings (SSSR count). The van der Waals surface area contributed by atoms with Crippen molar-refractivity contribution < 1.29 is 9.90 Å². The Labute approximate surface area is 209 Å². The number of carbonyl (C=O) groups is 1. The second-order valence-electron chi connectivity index (χ2n) is 8.28. The number of nitrogens with two attached hydrogens (primary N) is 1. The van der Waals surface area contributed by atoms with Crippen LogP contribution in [0.5, 0.6) is 0 Å². The van der Waals surface area contributed by atoms with Crippen molar-refractivity contribution >= 4 is 40.9 Å². The summed E-state index contributed by atoms with van der Waals surface area (Å²) in [5.41, 5.74) is 7.36. The maximum Gasteiger partial charge on any atom is 0.266 e. The van der Waals surface area contributed by atoms with Crippen LogP contribution in [0.1, 0.15) is 28.7 Å². The topological polar surface area (TPSA) is 125 Å². The number of nitrogens with zero attached hydrogens (tertiary/aromatic N) is 7. The number of piperazine rings is 1. The molecule has 0 bridgehead atoms. The highest BCUT2D eigenvalue weighted by Crippen LogP contribution is 2.35. The summed E-state index contributed by atoms with van der Waals surface area (Å²) in [6.07, 6.45) is 2.00. The normalized spacial score (nSPS) is 14.2. The minimum atomic E-state index is -0.374. The number of para-hydroxylation sites is 1. The first-order valence-corrected chi connectivity index (χ1v) is 11.9. The van der Waals surface area contributed by atoms with Gasteiger partial charge in [-0.1, -0.05) is 30.7 Å². The fourth-order valence-corrected chi connectivity index (χ4v) is 4.27. The molecule has 1 aliphatic rings. The number of rotatable bonds is 7. The van der Waals surface area contributed by atoms with Crippen molar-refractivity contribution in [3.63, 3.8) is 0 Å². The van der Waals surface area contributed by atoms with Gasteiger partial charge in [-0.05, 0) is 30.7 Å². The molecule has 0 atom stereocenters. The van der Waals surface area contributed by atoms with Crippen molar-refractivity contribution in [3.05, 3.63) is 58.5 Å². The molecule has 10 nitrogen and oxygen atoms in total. The van der Waals surface area contributed by atoms with Crippen LogP contribution in [0.25, 0.3) is 0 Å². The fraction of sp³-hybridized carbons (Fsp3) is 0.375. The van der Waals surface area contributed by atoms with Crippen molar-refractivity contribution in [2.24, 2.45) is 0 Å². The molecule has 0 spiro atoms. The molecule has 1 aromatic carbocycles. The average Bonchev–Trinajstić information content (AvgIpc) is 2.87. The second-order valence-corrected chi connectivity index (χ2v) is 8.68. The summed E-state index contributed by atoms with van der Waals surface area (Å²) in [6, 6.07) is 8.64. The Balaban J connectivity index is 1.79. The van der Waals surface area contributed by atoms with Gasteiger partial charge in [0.05, 0.1) is 22.9 Å². The standard InChI is InChI=1S/C24H29ClN8O2/c1-3-20-28-23(32-11-9-31(10-12-32)13-14-34)30-24(29-20)33(21-16(2)5-4-6-18(21)25)22(35)17-7-8-19(26)27-15-17/h4-8,15,34H,3,9-14H2,1-2H3,(H2,26,27). The first kappa shape index (κ1) is 24.8. The molecule has 184 valence electrons. The van der Waals surface area contributed by atoms with E-state index >= 15 is 0 Å². The van der Waals surface area contributed by atoms with Gasteiger partial charge in [0, 0.05) is 45.3 Å². The van der Waals surface area contributed by atoms with Crippen molar-refractivity contribution in [1.82, 2.24) is 24.8 Å². The number of pyridine rings is 1. The predicted octanol–water partition coefficient (Wildman–Crippen LogP) is 2.47. The van der Waals surface area contributed by atoms with Gasteiger partial charge < -0.3 is 15.7 Å². The largest absolute Gasteiger partial charge is 0.395 e. The minimum absolute atomic E-state index is 0.129. The number of anilines is 4. The lowest BCUT2D eigenvalue weighted by Gasteiger charge is -2.34. The molecule has 3 heterocycles. The fourth-order valence-electron chi connectivity index (χ4n) is 3.97. The third kappa shape index (κ3) is 5.50. The van der Waals surface area contributed by atoms with Gasteiger partial charge in [-0.15, -0.1) is 0 Å². The molecular weight excluding hydrogens is 468 g/mol. The summed E-state index contributed by atoms with van der Waals surface area (Å²) in [4.78, 5) is 37.6. The lowest BCUT2D eigenvalue weighted by atomic mass is 10.1. The van der Waals surface area contributed by atoms with Gasteiger partial charge in [0.2, 0.25) is 11.9 Å².